The minimum atomic E-state index is -0.587. The SMILES string of the molecule is COc1cccc(F)c1C(=O)Nc1ccccc1C1CC1. The molecular weight excluding hydrogens is 269 g/mol. The highest BCUT2D eigenvalue weighted by Gasteiger charge is 2.27. The number of rotatable bonds is 4. The van der Waals surface area contributed by atoms with Crippen molar-refractivity contribution >= 4 is 11.6 Å². The lowest BCUT2D eigenvalue weighted by Crippen LogP contribution is -2.16. The normalized spacial score (nSPS) is 13.8. The Labute approximate surface area is 122 Å². The molecule has 0 radical (unpaired) electrons. The molecule has 0 aliphatic heterocycles. The van der Waals surface area contributed by atoms with Crippen molar-refractivity contribution < 1.29 is 13.9 Å². The molecule has 3 nitrogen and oxygen atoms in total. The molecule has 108 valence electrons. The highest BCUT2D eigenvalue weighted by molar-refractivity contribution is 6.06. The molecule has 0 spiro atoms. The van der Waals surface area contributed by atoms with Crippen LogP contribution in [0.1, 0.15) is 34.7 Å². The van der Waals surface area contributed by atoms with Crippen LogP contribution in [-0.4, -0.2) is 13.0 Å². The van der Waals surface area contributed by atoms with Crippen LogP contribution in [0.5, 0.6) is 5.75 Å². The minimum Gasteiger partial charge on any atom is -0.496 e. The number of halogens is 1. The molecule has 21 heavy (non-hydrogen) atoms. The lowest BCUT2D eigenvalue weighted by Gasteiger charge is -2.13. The number of hydrogen-bond donors (Lipinski definition) is 1. The number of carbonyl (C=O) groups is 1. The fourth-order valence-electron chi connectivity index (χ4n) is 2.44. The molecule has 0 bridgehead atoms. The largest absolute Gasteiger partial charge is 0.496 e. The van der Waals surface area contributed by atoms with Crippen molar-refractivity contribution in [2.45, 2.75) is 18.8 Å². The predicted molar refractivity (Wildman–Crippen MR) is 79.3 cm³/mol. The highest BCUT2D eigenvalue weighted by atomic mass is 19.1. The van der Waals surface area contributed by atoms with Crippen molar-refractivity contribution in [2.75, 3.05) is 12.4 Å². The van der Waals surface area contributed by atoms with Gasteiger partial charge in [-0.25, -0.2) is 4.39 Å². The van der Waals surface area contributed by atoms with Crippen molar-refractivity contribution in [3.8, 4) is 5.75 Å². The molecule has 0 aromatic heterocycles. The number of ether oxygens (including phenoxy) is 1. The first-order chi connectivity index (χ1) is 10.2. The first kappa shape index (κ1) is 13.6. The Morgan fingerprint density at radius 3 is 2.67 bits per heavy atom. The van der Waals surface area contributed by atoms with Crippen LogP contribution >= 0.6 is 0 Å². The average Bonchev–Trinajstić information content (AvgIpc) is 3.32. The zero-order valence-electron chi connectivity index (χ0n) is 11.7. The molecule has 1 amide bonds. The summed E-state index contributed by atoms with van der Waals surface area (Å²) in [6.07, 6.45) is 2.27. The van der Waals surface area contributed by atoms with Gasteiger partial charge in [-0.2, -0.15) is 0 Å². The predicted octanol–water partition coefficient (Wildman–Crippen LogP) is 3.96. The van der Waals surface area contributed by atoms with Gasteiger partial charge in [0, 0.05) is 5.69 Å². The van der Waals surface area contributed by atoms with Crippen LogP contribution in [-0.2, 0) is 0 Å². The summed E-state index contributed by atoms with van der Waals surface area (Å²) in [5, 5.41) is 2.80. The maximum absolute atomic E-state index is 13.9. The Hall–Kier alpha value is -2.36. The van der Waals surface area contributed by atoms with E-state index < -0.39 is 11.7 Å². The van der Waals surface area contributed by atoms with Gasteiger partial charge in [0.15, 0.2) is 0 Å². The van der Waals surface area contributed by atoms with Crippen LogP contribution in [0.2, 0.25) is 0 Å². The number of amides is 1. The minimum absolute atomic E-state index is 0.0643. The number of anilines is 1. The van der Waals surface area contributed by atoms with E-state index in [1.54, 1.807) is 6.07 Å². The standard InChI is InChI=1S/C17H16FNO2/c1-21-15-8-4-6-13(18)16(15)17(20)19-14-7-3-2-5-12(14)11-9-10-11/h2-8,11H,9-10H2,1H3,(H,19,20). The van der Waals surface area contributed by atoms with E-state index in [-0.39, 0.29) is 11.3 Å². The van der Waals surface area contributed by atoms with Gasteiger partial charge in [0.25, 0.3) is 5.91 Å². The molecule has 3 rings (SSSR count). The molecule has 2 aromatic carbocycles. The van der Waals surface area contributed by atoms with E-state index in [4.69, 9.17) is 4.74 Å². The molecule has 4 heteroatoms. The van der Waals surface area contributed by atoms with E-state index in [1.807, 2.05) is 24.3 Å². The van der Waals surface area contributed by atoms with Crippen LogP contribution in [0.25, 0.3) is 0 Å². The third-order valence-corrected chi connectivity index (χ3v) is 3.65. The number of methoxy groups -OCH3 is 1. The second-order valence-electron chi connectivity index (χ2n) is 5.13. The molecule has 1 N–H and O–H groups in total. The number of carbonyl (C=O) groups excluding carboxylic acids is 1. The molecule has 1 aliphatic carbocycles. The van der Waals surface area contributed by atoms with Gasteiger partial charge in [0.1, 0.15) is 17.1 Å². The van der Waals surface area contributed by atoms with Crippen LogP contribution in [0.3, 0.4) is 0 Å². The zero-order chi connectivity index (χ0) is 14.8. The van der Waals surface area contributed by atoms with Crippen LogP contribution in [0, 0.1) is 5.82 Å². The van der Waals surface area contributed by atoms with Gasteiger partial charge >= 0.3 is 0 Å². The molecule has 0 atom stereocenters. The fourth-order valence-corrected chi connectivity index (χ4v) is 2.44. The third kappa shape index (κ3) is 2.75. The van der Waals surface area contributed by atoms with Gasteiger partial charge in [-0.3, -0.25) is 4.79 Å². The summed E-state index contributed by atoms with van der Waals surface area (Å²) in [7, 11) is 1.42. The Morgan fingerprint density at radius 1 is 1.19 bits per heavy atom. The summed E-state index contributed by atoms with van der Waals surface area (Å²) >= 11 is 0. The van der Waals surface area contributed by atoms with Crippen LogP contribution in [0.4, 0.5) is 10.1 Å². The van der Waals surface area contributed by atoms with Gasteiger partial charge in [0.05, 0.1) is 7.11 Å². The quantitative estimate of drug-likeness (QED) is 0.923. The summed E-state index contributed by atoms with van der Waals surface area (Å²) in [6, 6.07) is 12.0. The first-order valence-corrected chi connectivity index (χ1v) is 6.93. The fraction of sp³-hybridized carbons (Fsp3) is 0.235. The number of para-hydroxylation sites is 1. The van der Waals surface area contributed by atoms with E-state index >= 15 is 0 Å². The van der Waals surface area contributed by atoms with E-state index in [9.17, 15) is 9.18 Å². The van der Waals surface area contributed by atoms with Gasteiger partial charge in [0.2, 0.25) is 0 Å². The average molecular weight is 285 g/mol. The van der Waals surface area contributed by atoms with Crippen molar-refractivity contribution in [1.29, 1.82) is 0 Å². The van der Waals surface area contributed by atoms with E-state index in [1.165, 1.54) is 19.2 Å². The maximum atomic E-state index is 13.9. The molecular formula is C17H16FNO2. The topological polar surface area (TPSA) is 38.3 Å². The number of benzene rings is 2. The Kier molecular flexibility index (Phi) is 3.60. The van der Waals surface area contributed by atoms with Crippen molar-refractivity contribution in [2.24, 2.45) is 0 Å². The summed E-state index contributed by atoms with van der Waals surface area (Å²) in [5.41, 5.74) is 1.79. The second-order valence-corrected chi connectivity index (χ2v) is 5.13. The number of hydrogen-bond acceptors (Lipinski definition) is 2. The van der Waals surface area contributed by atoms with Gasteiger partial charge in [-0.05, 0) is 42.5 Å². The molecule has 2 aromatic rings. The zero-order valence-corrected chi connectivity index (χ0v) is 11.7. The molecule has 1 aliphatic rings. The van der Waals surface area contributed by atoms with E-state index in [0.29, 0.717) is 5.92 Å². The van der Waals surface area contributed by atoms with Crippen molar-refractivity contribution in [1.82, 2.24) is 0 Å². The van der Waals surface area contributed by atoms with Crippen molar-refractivity contribution in [3.63, 3.8) is 0 Å². The monoisotopic (exact) mass is 285 g/mol. The molecule has 1 fully saturated rings. The lowest BCUT2D eigenvalue weighted by molar-refractivity contribution is 0.102. The molecule has 0 unspecified atom stereocenters. The molecule has 1 saturated carbocycles. The van der Waals surface area contributed by atoms with Crippen LogP contribution < -0.4 is 10.1 Å². The second kappa shape index (κ2) is 5.56. The van der Waals surface area contributed by atoms with Crippen LogP contribution in [0.15, 0.2) is 42.5 Å². The van der Waals surface area contributed by atoms with Gasteiger partial charge in [-0.15, -0.1) is 0 Å². The van der Waals surface area contributed by atoms with Crippen molar-refractivity contribution in [3.05, 3.63) is 59.4 Å². The summed E-state index contributed by atoms with van der Waals surface area (Å²) < 4.78 is 19.0. The lowest BCUT2D eigenvalue weighted by atomic mass is 10.1. The smallest absolute Gasteiger partial charge is 0.262 e. The Morgan fingerprint density at radius 2 is 1.95 bits per heavy atom. The van der Waals surface area contributed by atoms with E-state index in [2.05, 4.69) is 5.32 Å². The third-order valence-electron chi connectivity index (χ3n) is 3.65. The Balaban J connectivity index is 1.91. The number of nitrogens with one attached hydrogen (secondary N) is 1. The molecule has 0 heterocycles. The summed E-state index contributed by atoms with van der Waals surface area (Å²) in [4.78, 5) is 12.4. The Bertz CT molecular complexity index is 680. The highest BCUT2D eigenvalue weighted by Crippen LogP contribution is 2.43. The summed E-state index contributed by atoms with van der Waals surface area (Å²) in [5.74, 6) is -0.339. The molecule has 0 saturated heterocycles. The summed E-state index contributed by atoms with van der Waals surface area (Å²) in [6.45, 7) is 0. The van der Waals surface area contributed by atoms with Gasteiger partial charge in [-0.1, -0.05) is 24.3 Å². The van der Waals surface area contributed by atoms with E-state index in [0.717, 1.165) is 24.1 Å². The first-order valence-electron chi connectivity index (χ1n) is 6.93. The van der Waals surface area contributed by atoms with Gasteiger partial charge < -0.3 is 10.1 Å². The maximum Gasteiger partial charge on any atom is 0.262 e.